The van der Waals surface area contributed by atoms with E-state index in [4.69, 9.17) is 5.11 Å². The lowest BCUT2D eigenvalue weighted by molar-refractivity contribution is -0.140. The molecule has 1 fully saturated rings. The Morgan fingerprint density at radius 3 is 3.10 bits per heavy atom. The number of fused-ring (bicyclic) bond motifs is 1. The fourth-order valence-corrected chi connectivity index (χ4v) is 4.85. The highest BCUT2D eigenvalue weighted by molar-refractivity contribution is 7.99. The number of urea groups is 1. The lowest BCUT2D eigenvalue weighted by atomic mass is 9.94. The van der Waals surface area contributed by atoms with Crippen LogP contribution in [-0.4, -0.2) is 39.7 Å². The molecule has 20 heavy (non-hydrogen) atoms. The Bertz CT molecular complexity index is 531. The predicted octanol–water partition coefficient (Wildman–Crippen LogP) is 2.29. The number of aryl methyl sites for hydroxylation is 1. The maximum atomic E-state index is 12.3. The van der Waals surface area contributed by atoms with Gasteiger partial charge in [-0.15, -0.1) is 23.1 Å². The quantitative estimate of drug-likeness (QED) is 0.879. The third kappa shape index (κ3) is 2.52. The zero-order valence-electron chi connectivity index (χ0n) is 10.9. The maximum Gasteiger partial charge on any atom is 0.327 e. The second-order valence-electron chi connectivity index (χ2n) is 5.02. The van der Waals surface area contributed by atoms with Crippen LogP contribution in [0.4, 0.5) is 4.79 Å². The Morgan fingerprint density at radius 2 is 2.30 bits per heavy atom. The number of carbonyl (C=O) groups excluding carboxylic acids is 1. The molecule has 0 aromatic carbocycles. The molecule has 1 saturated heterocycles. The summed E-state index contributed by atoms with van der Waals surface area (Å²) < 4.78 is 0. The molecular formula is C13H16N2O3S2. The molecule has 0 bridgehead atoms. The van der Waals surface area contributed by atoms with Gasteiger partial charge in [0.15, 0.2) is 0 Å². The lowest BCUT2D eigenvalue weighted by Gasteiger charge is -2.28. The Labute approximate surface area is 125 Å². The van der Waals surface area contributed by atoms with Gasteiger partial charge in [0.1, 0.15) is 6.04 Å². The van der Waals surface area contributed by atoms with E-state index in [0.29, 0.717) is 11.6 Å². The monoisotopic (exact) mass is 312 g/mol. The molecule has 2 N–H and O–H groups in total. The summed E-state index contributed by atoms with van der Waals surface area (Å²) in [7, 11) is 0. The number of amides is 2. The van der Waals surface area contributed by atoms with Gasteiger partial charge < -0.3 is 15.3 Å². The smallest absolute Gasteiger partial charge is 0.327 e. The molecule has 108 valence electrons. The Hall–Kier alpha value is -1.21. The predicted molar refractivity (Wildman–Crippen MR) is 79.1 cm³/mol. The van der Waals surface area contributed by atoms with Crippen LogP contribution in [-0.2, 0) is 11.2 Å². The highest BCUT2D eigenvalue weighted by atomic mass is 32.2. The normalized spacial score (nSPS) is 25.3. The molecule has 2 amide bonds. The van der Waals surface area contributed by atoms with Crippen molar-refractivity contribution in [3.63, 3.8) is 0 Å². The van der Waals surface area contributed by atoms with E-state index in [2.05, 4.69) is 16.8 Å². The third-order valence-electron chi connectivity index (χ3n) is 3.78. The largest absolute Gasteiger partial charge is 0.480 e. The van der Waals surface area contributed by atoms with E-state index in [1.807, 2.05) is 0 Å². The van der Waals surface area contributed by atoms with Crippen LogP contribution >= 0.6 is 23.1 Å². The van der Waals surface area contributed by atoms with Gasteiger partial charge >= 0.3 is 12.0 Å². The Kier molecular flexibility index (Phi) is 3.89. The molecule has 1 aromatic heterocycles. The highest BCUT2D eigenvalue weighted by Gasteiger charge is 2.36. The van der Waals surface area contributed by atoms with Crippen molar-refractivity contribution >= 4 is 35.1 Å². The first-order valence-corrected chi connectivity index (χ1v) is 8.64. The standard InChI is InChI=1S/C13H16N2O3S2/c16-12(17)10-6-19-7-15(10)13(18)14-9-2-1-3-11-8(9)4-5-20-11/h4-5,9-10H,1-3,6-7H2,(H,14,18)(H,16,17). The van der Waals surface area contributed by atoms with Crippen molar-refractivity contribution in [1.82, 2.24) is 10.2 Å². The molecule has 2 atom stereocenters. The minimum Gasteiger partial charge on any atom is -0.480 e. The summed E-state index contributed by atoms with van der Waals surface area (Å²) in [6, 6.07) is 1.13. The summed E-state index contributed by atoms with van der Waals surface area (Å²) in [4.78, 5) is 26.2. The summed E-state index contributed by atoms with van der Waals surface area (Å²) >= 11 is 3.21. The van der Waals surface area contributed by atoms with Gasteiger partial charge in [0.2, 0.25) is 0 Å². The van der Waals surface area contributed by atoms with Gasteiger partial charge in [-0.1, -0.05) is 0 Å². The van der Waals surface area contributed by atoms with Crippen molar-refractivity contribution < 1.29 is 14.7 Å². The minimum absolute atomic E-state index is 0.0255. The number of thioether (sulfide) groups is 1. The average molecular weight is 312 g/mol. The van der Waals surface area contributed by atoms with Crippen molar-refractivity contribution in [2.45, 2.75) is 31.3 Å². The molecule has 5 nitrogen and oxygen atoms in total. The number of aliphatic carboxylic acids is 1. The van der Waals surface area contributed by atoms with Gasteiger partial charge in [-0.3, -0.25) is 0 Å². The van der Waals surface area contributed by atoms with Crippen LogP contribution in [0.2, 0.25) is 0 Å². The van der Waals surface area contributed by atoms with Crippen LogP contribution in [0.3, 0.4) is 0 Å². The second kappa shape index (κ2) is 5.65. The number of hydrogen-bond donors (Lipinski definition) is 2. The minimum atomic E-state index is -0.926. The summed E-state index contributed by atoms with van der Waals surface area (Å²) in [5, 5.41) is 14.2. The highest BCUT2D eigenvalue weighted by Crippen LogP contribution is 2.33. The van der Waals surface area contributed by atoms with Crippen LogP contribution in [0, 0.1) is 0 Å². The summed E-state index contributed by atoms with van der Waals surface area (Å²) in [5.41, 5.74) is 1.20. The van der Waals surface area contributed by atoms with Crippen molar-refractivity contribution in [2.75, 3.05) is 11.6 Å². The molecule has 0 spiro atoms. The first kappa shape index (κ1) is 13.8. The average Bonchev–Trinajstić information content (AvgIpc) is 3.08. The van der Waals surface area contributed by atoms with E-state index >= 15 is 0 Å². The van der Waals surface area contributed by atoms with Crippen LogP contribution in [0.1, 0.15) is 29.3 Å². The number of nitrogens with one attached hydrogen (secondary N) is 1. The zero-order valence-corrected chi connectivity index (χ0v) is 12.5. The molecule has 7 heteroatoms. The van der Waals surface area contributed by atoms with Gasteiger partial charge in [0.25, 0.3) is 0 Å². The van der Waals surface area contributed by atoms with E-state index in [1.165, 1.54) is 27.1 Å². The van der Waals surface area contributed by atoms with Gasteiger partial charge in [-0.2, -0.15) is 0 Å². The molecule has 2 aliphatic rings. The van der Waals surface area contributed by atoms with E-state index in [1.54, 1.807) is 11.3 Å². The van der Waals surface area contributed by atoms with Gasteiger partial charge in [-0.05, 0) is 36.3 Å². The fraction of sp³-hybridized carbons (Fsp3) is 0.538. The summed E-state index contributed by atoms with van der Waals surface area (Å²) in [6.07, 6.45) is 3.07. The summed E-state index contributed by atoms with van der Waals surface area (Å²) in [5.74, 6) is -0.00613. The van der Waals surface area contributed by atoms with Crippen molar-refractivity contribution in [2.24, 2.45) is 0 Å². The SMILES string of the molecule is O=C(O)C1CSCN1C(=O)NC1CCCc2sccc21. The number of carbonyl (C=O) groups is 2. The van der Waals surface area contributed by atoms with Gasteiger partial charge in [0, 0.05) is 10.6 Å². The molecule has 2 unspecified atom stereocenters. The molecular weight excluding hydrogens is 296 g/mol. The molecule has 0 radical (unpaired) electrons. The molecule has 3 rings (SSSR count). The molecule has 1 aromatic rings. The van der Waals surface area contributed by atoms with Gasteiger partial charge in [-0.25, -0.2) is 9.59 Å². The summed E-state index contributed by atoms with van der Waals surface area (Å²) in [6.45, 7) is 0. The van der Waals surface area contributed by atoms with E-state index in [-0.39, 0.29) is 12.1 Å². The van der Waals surface area contributed by atoms with Crippen LogP contribution in [0.15, 0.2) is 11.4 Å². The van der Waals surface area contributed by atoms with Crippen LogP contribution in [0.25, 0.3) is 0 Å². The van der Waals surface area contributed by atoms with Crippen LogP contribution < -0.4 is 5.32 Å². The molecule has 2 heterocycles. The Balaban J connectivity index is 1.70. The molecule has 1 aliphatic carbocycles. The van der Waals surface area contributed by atoms with E-state index in [0.717, 1.165) is 19.3 Å². The number of carboxylic acid groups (broad SMARTS) is 1. The zero-order chi connectivity index (χ0) is 14.1. The third-order valence-corrected chi connectivity index (χ3v) is 5.79. The van der Waals surface area contributed by atoms with Crippen LogP contribution in [0.5, 0.6) is 0 Å². The molecule has 0 saturated carbocycles. The maximum absolute atomic E-state index is 12.3. The van der Waals surface area contributed by atoms with Crippen molar-refractivity contribution in [1.29, 1.82) is 0 Å². The number of nitrogens with zero attached hydrogens (tertiary/aromatic N) is 1. The number of hydrogen-bond acceptors (Lipinski definition) is 4. The number of carboxylic acids is 1. The Morgan fingerprint density at radius 1 is 1.45 bits per heavy atom. The number of rotatable bonds is 2. The fourth-order valence-electron chi connectivity index (χ4n) is 2.72. The number of thiophene rings is 1. The van der Waals surface area contributed by atoms with E-state index < -0.39 is 12.0 Å². The first-order chi connectivity index (χ1) is 9.66. The topological polar surface area (TPSA) is 69.6 Å². The lowest BCUT2D eigenvalue weighted by Crippen LogP contribution is -2.48. The van der Waals surface area contributed by atoms with Crippen molar-refractivity contribution in [3.05, 3.63) is 21.9 Å². The first-order valence-electron chi connectivity index (χ1n) is 6.61. The van der Waals surface area contributed by atoms with Crippen molar-refractivity contribution in [3.8, 4) is 0 Å². The van der Waals surface area contributed by atoms with Gasteiger partial charge in [0.05, 0.1) is 11.9 Å². The second-order valence-corrected chi connectivity index (χ2v) is 7.02. The van der Waals surface area contributed by atoms with E-state index in [9.17, 15) is 9.59 Å². The molecule has 1 aliphatic heterocycles.